The molecular formula is C23H30FNO5. The summed E-state index contributed by atoms with van der Waals surface area (Å²) >= 11 is 0. The van der Waals surface area contributed by atoms with Crippen molar-refractivity contribution in [2.75, 3.05) is 13.7 Å². The van der Waals surface area contributed by atoms with Crippen LogP contribution in [0.25, 0.3) is 17.2 Å². The van der Waals surface area contributed by atoms with Crippen molar-refractivity contribution in [1.82, 2.24) is 4.98 Å². The van der Waals surface area contributed by atoms with E-state index in [9.17, 15) is 19.7 Å². The Labute approximate surface area is 176 Å². The van der Waals surface area contributed by atoms with Crippen LogP contribution in [0.3, 0.4) is 0 Å². The van der Waals surface area contributed by atoms with Gasteiger partial charge in [0.2, 0.25) is 5.88 Å². The van der Waals surface area contributed by atoms with E-state index < -0.39 is 12.2 Å². The van der Waals surface area contributed by atoms with Crippen molar-refractivity contribution in [2.45, 2.75) is 51.4 Å². The molecule has 2 aromatic rings. The van der Waals surface area contributed by atoms with E-state index in [0.717, 1.165) is 0 Å². The number of aromatic nitrogens is 1. The molecule has 0 radical (unpaired) electrons. The molecule has 4 N–H and O–H groups in total. The third kappa shape index (κ3) is 5.86. The molecule has 0 saturated carbocycles. The van der Waals surface area contributed by atoms with Crippen LogP contribution in [0.5, 0.6) is 5.88 Å². The first-order chi connectivity index (χ1) is 14.3. The highest BCUT2D eigenvalue weighted by molar-refractivity contribution is 5.81. The van der Waals surface area contributed by atoms with Crippen LogP contribution >= 0.6 is 0 Å². The maximum absolute atomic E-state index is 13.5. The number of aliphatic hydroxyl groups excluding tert-OH is 4. The van der Waals surface area contributed by atoms with Gasteiger partial charge in [0, 0.05) is 29.7 Å². The SMILES string of the molecule is COc1nc(C(C)C)c(/C=C/[C@@H](O)C[C@@H](O)CCO)c(-c2ccc(F)cc2)c1CO. The van der Waals surface area contributed by atoms with Crippen LogP contribution in [-0.2, 0) is 6.61 Å². The summed E-state index contributed by atoms with van der Waals surface area (Å²) in [7, 11) is 1.47. The predicted molar refractivity (Wildman–Crippen MR) is 114 cm³/mol. The van der Waals surface area contributed by atoms with Gasteiger partial charge in [-0.2, -0.15) is 0 Å². The summed E-state index contributed by atoms with van der Waals surface area (Å²) in [5, 5.41) is 39.1. The maximum atomic E-state index is 13.5. The summed E-state index contributed by atoms with van der Waals surface area (Å²) in [5.41, 5.74) is 3.16. The van der Waals surface area contributed by atoms with Gasteiger partial charge >= 0.3 is 0 Å². The van der Waals surface area contributed by atoms with Crippen LogP contribution < -0.4 is 4.74 Å². The van der Waals surface area contributed by atoms with E-state index in [1.807, 2.05) is 13.8 Å². The van der Waals surface area contributed by atoms with E-state index in [1.54, 1.807) is 24.3 Å². The molecule has 0 amide bonds. The Balaban J connectivity index is 2.63. The monoisotopic (exact) mass is 419 g/mol. The number of benzene rings is 1. The molecule has 30 heavy (non-hydrogen) atoms. The van der Waals surface area contributed by atoms with Crippen LogP contribution in [0.4, 0.5) is 4.39 Å². The number of rotatable bonds is 10. The Morgan fingerprint density at radius 3 is 2.33 bits per heavy atom. The van der Waals surface area contributed by atoms with Gasteiger partial charge in [0.1, 0.15) is 5.82 Å². The Morgan fingerprint density at radius 2 is 1.80 bits per heavy atom. The number of aliphatic hydroxyl groups is 4. The van der Waals surface area contributed by atoms with Gasteiger partial charge in [-0.05, 0) is 30.0 Å². The van der Waals surface area contributed by atoms with Gasteiger partial charge in [-0.1, -0.05) is 38.1 Å². The minimum Gasteiger partial charge on any atom is -0.481 e. The molecule has 2 rings (SSSR count). The van der Waals surface area contributed by atoms with Gasteiger partial charge in [-0.15, -0.1) is 0 Å². The van der Waals surface area contributed by atoms with Gasteiger partial charge in [0.05, 0.1) is 31.6 Å². The van der Waals surface area contributed by atoms with Gasteiger partial charge in [-0.3, -0.25) is 0 Å². The van der Waals surface area contributed by atoms with Crippen molar-refractivity contribution in [3.05, 3.63) is 53.0 Å². The molecule has 0 aliphatic rings. The Morgan fingerprint density at radius 1 is 1.13 bits per heavy atom. The zero-order valence-electron chi connectivity index (χ0n) is 17.5. The molecule has 1 heterocycles. The smallest absolute Gasteiger partial charge is 0.219 e. The van der Waals surface area contributed by atoms with Gasteiger partial charge < -0.3 is 25.2 Å². The largest absolute Gasteiger partial charge is 0.481 e. The van der Waals surface area contributed by atoms with Crippen LogP contribution in [0.2, 0.25) is 0 Å². The van der Waals surface area contributed by atoms with E-state index in [0.29, 0.717) is 27.9 Å². The summed E-state index contributed by atoms with van der Waals surface area (Å²) in [6.45, 7) is 3.44. The van der Waals surface area contributed by atoms with Crippen molar-refractivity contribution < 1.29 is 29.6 Å². The highest BCUT2D eigenvalue weighted by Gasteiger charge is 2.22. The number of hydrogen-bond donors (Lipinski definition) is 4. The normalized spacial score (nSPS) is 13.8. The molecule has 6 nitrogen and oxygen atoms in total. The molecule has 0 saturated heterocycles. The van der Waals surface area contributed by atoms with Crippen LogP contribution in [0, 0.1) is 5.82 Å². The zero-order chi connectivity index (χ0) is 22.3. The number of ether oxygens (including phenoxy) is 1. The molecule has 0 bridgehead atoms. The van der Waals surface area contributed by atoms with Gasteiger partial charge in [-0.25, -0.2) is 9.37 Å². The molecular weight excluding hydrogens is 389 g/mol. The lowest BCUT2D eigenvalue weighted by Crippen LogP contribution is -2.17. The van der Waals surface area contributed by atoms with Gasteiger partial charge in [0.25, 0.3) is 0 Å². The number of halogens is 1. The molecule has 1 aromatic heterocycles. The summed E-state index contributed by atoms with van der Waals surface area (Å²) in [6, 6.07) is 5.91. The number of nitrogens with zero attached hydrogens (tertiary/aromatic N) is 1. The third-order valence-corrected chi connectivity index (χ3v) is 4.82. The lowest BCUT2D eigenvalue weighted by Gasteiger charge is -2.20. The van der Waals surface area contributed by atoms with E-state index in [-0.39, 0.29) is 43.7 Å². The van der Waals surface area contributed by atoms with E-state index in [4.69, 9.17) is 9.84 Å². The van der Waals surface area contributed by atoms with Gasteiger partial charge in [0.15, 0.2) is 0 Å². The Hall–Kier alpha value is -2.32. The quantitative estimate of drug-likeness (QED) is 0.472. The van der Waals surface area contributed by atoms with Crippen LogP contribution in [0.1, 0.15) is 49.4 Å². The second-order valence-corrected chi connectivity index (χ2v) is 7.42. The first-order valence-corrected chi connectivity index (χ1v) is 9.95. The first kappa shape index (κ1) is 24.0. The molecule has 0 aliphatic carbocycles. The lowest BCUT2D eigenvalue weighted by molar-refractivity contribution is 0.0827. The molecule has 0 aliphatic heterocycles. The average molecular weight is 419 g/mol. The summed E-state index contributed by atoms with van der Waals surface area (Å²) in [5.74, 6) is -0.0843. The lowest BCUT2D eigenvalue weighted by atomic mass is 9.90. The van der Waals surface area contributed by atoms with Crippen molar-refractivity contribution in [2.24, 2.45) is 0 Å². The predicted octanol–water partition coefficient (Wildman–Crippen LogP) is 3.02. The standard InChI is InChI=1S/C23H30FNO5/c1-14(2)22-19(9-8-17(28)12-18(29)10-11-26)21(15-4-6-16(24)7-5-15)20(13-27)23(25-22)30-3/h4-9,14,17-18,26-29H,10-13H2,1-3H3/b9-8+/t17-,18+/m1/s1. The summed E-state index contributed by atoms with van der Waals surface area (Å²) in [4.78, 5) is 4.56. The minimum absolute atomic E-state index is 0.00242. The number of hydrogen-bond acceptors (Lipinski definition) is 6. The average Bonchev–Trinajstić information content (AvgIpc) is 2.71. The highest BCUT2D eigenvalue weighted by Crippen LogP contribution is 2.38. The second kappa shape index (κ2) is 11.2. The topological polar surface area (TPSA) is 103 Å². The van der Waals surface area contributed by atoms with Crippen molar-refractivity contribution in [3.8, 4) is 17.0 Å². The Bertz CT molecular complexity index is 852. The molecule has 0 spiro atoms. The maximum Gasteiger partial charge on any atom is 0.219 e. The van der Waals surface area contributed by atoms with Crippen molar-refractivity contribution >= 4 is 6.08 Å². The third-order valence-electron chi connectivity index (χ3n) is 4.82. The zero-order valence-corrected chi connectivity index (χ0v) is 17.5. The highest BCUT2D eigenvalue weighted by atomic mass is 19.1. The van der Waals surface area contributed by atoms with Crippen molar-refractivity contribution in [3.63, 3.8) is 0 Å². The second-order valence-electron chi connectivity index (χ2n) is 7.42. The van der Waals surface area contributed by atoms with E-state index >= 15 is 0 Å². The molecule has 2 atom stereocenters. The minimum atomic E-state index is -0.938. The molecule has 0 unspecified atom stereocenters. The fourth-order valence-electron chi connectivity index (χ4n) is 3.34. The van der Waals surface area contributed by atoms with Crippen LogP contribution in [0.15, 0.2) is 30.3 Å². The fraction of sp³-hybridized carbons (Fsp3) is 0.435. The molecule has 0 fully saturated rings. The number of methoxy groups -OCH3 is 1. The fourth-order valence-corrected chi connectivity index (χ4v) is 3.34. The summed E-state index contributed by atoms with van der Waals surface area (Å²) < 4.78 is 18.9. The van der Waals surface area contributed by atoms with Crippen molar-refractivity contribution in [1.29, 1.82) is 0 Å². The van der Waals surface area contributed by atoms with E-state index in [2.05, 4.69) is 4.98 Å². The summed E-state index contributed by atoms with van der Waals surface area (Å²) in [6.07, 6.45) is 1.75. The molecule has 7 heteroatoms. The van der Waals surface area contributed by atoms with Crippen LogP contribution in [-0.4, -0.2) is 51.3 Å². The van der Waals surface area contributed by atoms with E-state index in [1.165, 1.54) is 19.2 Å². The Kier molecular flexibility index (Phi) is 8.92. The number of pyridine rings is 1. The first-order valence-electron chi connectivity index (χ1n) is 9.95. The molecule has 1 aromatic carbocycles. The molecule has 164 valence electrons.